The minimum Gasteiger partial charge on any atom is -0.483 e. The van der Waals surface area contributed by atoms with Crippen LogP contribution in [-0.2, 0) is 21.2 Å². The maximum Gasteiger partial charge on any atom is 0.278 e. The first kappa shape index (κ1) is 25.5. The number of sulfonamides is 1. The fourth-order valence-corrected chi connectivity index (χ4v) is 5.77. The third kappa shape index (κ3) is 6.46. The van der Waals surface area contributed by atoms with Gasteiger partial charge < -0.3 is 4.74 Å². The van der Waals surface area contributed by atoms with Crippen LogP contribution in [0.3, 0.4) is 0 Å². The number of nitrogens with zero attached hydrogens (tertiary/aromatic N) is 1. The Morgan fingerprint density at radius 1 is 0.970 bits per heavy atom. The molecule has 0 aliphatic carbocycles. The number of hydrogen-bond donors (Lipinski definition) is 0. The average Bonchev–Trinajstić information content (AvgIpc) is 2.78. The van der Waals surface area contributed by atoms with E-state index in [9.17, 15) is 13.2 Å². The highest BCUT2D eigenvalue weighted by molar-refractivity contribution is 9.11. The van der Waals surface area contributed by atoms with Crippen molar-refractivity contribution in [2.75, 3.05) is 10.9 Å². The van der Waals surface area contributed by atoms with E-state index in [1.807, 2.05) is 19.1 Å². The molecule has 33 heavy (non-hydrogen) atoms. The van der Waals surface area contributed by atoms with Gasteiger partial charge in [0.05, 0.1) is 15.1 Å². The van der Waals surface area contributed by atoms with Crippen molar-refractivity contribution in [2.45, 2.75) is 38.0 Å². The van der Waals surface area contributed by atoms with Gasteiger partial charge in [-0.15, -0.1) is 0 Å². The minimum atomic E-state index is -4.14. The summed E-state index contributed by atoms with van der Waals surface area (Å²) < 4.78 is 35.0. The Hall–Kier alpha value is -2.16. The van der Waals surface area contributed by atoms with Crippen LogP contribution in [0.5, 0.6) is 5.75 Å². The third-order valence-electron chi connectivity index (χ3n) is 5.02. The SMILES string of the molecule is CCCCc1ccc(N(C(=O)COc2ccc(Br)cc2Br)S(=O)(=O)c2ccc(C)cc2)cc1. The Morgan fingerprint density at radius 2 is 1.64 bits per heavy atom. The molecule has 0 aliphatic rings. The molecule has 174 valence electrons. The highest BCUT2D eigenvalue weighted by atomic mass is 79.9. The lowest BCUT2D eigenvalue weighted by molar-refractivity contribution is -0.119. The van der Waals surface area contributed by atoms with Gasteiger partial charge in [0.2, 0.25) is 0 Å². The first-order valence-electron chi connectivity index (χ1n) is 10.5. The van der Waals surface area contributed by atoms with Crippen molar-refractivity contribution in [1.82, 2.24) is 0 Å². The summed E-state index contributed by atoms with van der Waals surface area (Å²) in [7, 11) is -4.14. The van der Waals surface area contributed by atoms with Crippen molar-refractivity contribution in [1.29, 1.82) is 0 Å². The molecule has 0 spiro atoms. The molecule has 0 atom stereocenters. The molecule has 1 amide bonds. The summed E-state index contributed by atoms with van der Waals surface area (Å²) in [5, 5.41) is 0. The molecule has 3 rings (SSSR count). The zero-order valence-electron chi connectivity index (χ0n) is 18.4. The number of hydrogen-bond acceptors (Lipinski definition) is 4. The van der Waals surface area contributed by atoms with Gasteiger partial charge in [-0.1, -0.05) is 59.1 Å². The number of ether oxygens (including phenoxy) is 1. The lowest BCUT2D eigenvalue weighted by Crippen LogP contribution is -2.40. The van der Waals surface area contributed by atoms with Crippen molar-refractivity contribution < 1.29 is 17.9 Å². The summed E-state index contributed by atoms with van der Waals surface area (Å²) in [6.45, 7) is 3.55. The summed E-state index contributed by atoms with van der Waals surface area (Å²) in [6, 6.07) is 18.8. The molecule has 3 aromatic carbocycles. The molecule has 0 unspecified atom stereocenters. The fraction of sp³-hybridized carbons (Fsp3) is 0.240. The summed E-state index contributed by atoms with van der Waals surface area (Å²) >= 11 is 6.76. The maximum absolute atomic E-state index is 13.5. The number of aryl methyl sites for hydroxylation is 2. The monoisotopic (exact) mass is 593 g/mol. The van der Waals surface area contributed by atoms with E-state index in [-0.39, 0.29) is 10.6 Å². The van der Waals surface area contributed by atoms with E-state index in [0.29, 0.717) is 10.2 Å². The number of rotatable bonds is 9. The van der Waals surface area contributed by atoms with Gasteiger partial charge in [-0.05, 0) is 83.7 Å². The van der Waals surface area contributed by atoms with Crippen molar-refractivity contribution >= 4 is 53.5 Å². The molecule has 3 aromatic rings. The normalized spacial score (nSPS) is 11.3. The Labute approximate surface area is 212 Å². The van der Waals surface area contributed by atoms with E-state index in [1.54, 1.807) is 42.5 Å². The number of carbonyl (C=O) groups is 1. The minimum absolute atomic E-state index is 0.0429. The van der Waals surface area contributed by atoms with Gasteiger partial charge in [-0.25, -0.2) is 8.42 Å². The summed E-state index contributed by atoms with van der Waals surface area (Å²) in [4.78, 5) is 13.3. The number of benzene rings is 3. The number of amides is 1. The molecule has 0 fully saturated rings. The molecular formula is C25H25Br2NO4S. The third-order valence-corrected chi connectivity index (χ3v) is 7.90. The van der Waals surface area contributed by atoms with Gasteiger partial charge in [-0.2, -0.15) is 4.31 Å². The molecule has 0 aromatic heterocycles. The van der Waals surface area contributed by atoms with Crippen LogP contribution in [0.4, 0.5) is 5.69 Å². The van der Waals surface area contributed by atoms with E-state index < -0.39 is 22.5 Å². The highest BCUT2D eigenvalue weighted by Gasteiger charge is 2.31. The molecule has 8 heteroatoms. The topological polar surface area (TPSA) is 63.7 Å². The van der Waals surface area contributed by atoms with Crippen molar-refractivity contribution in [3.05, 3.63) is 86.8 Å². The van der Waals surface area contributed by atoms with Gasteiger partial charge in [0, 0.05) is 4.47 Å². The second-order valence-corrected chi connectivity index (χ2v) is 11.2. The lowest BCUT2D eigenvalue weighted by Gasteiger charge is -2.23. The number of carbonyl (C=O) groups excluding carboxylic acids is 1. The van der Waals surface area contributed by atoms with Gasteiger partial charge in [0.15, 0.2) is 6.61 Å². The van der Waals surface area contributed by atoms with Crippen LogP contribution in [0.1, 0.15) is 30.9 Å². The van der Waals surface area contributed by atoms with Crippen molar-refractivity contribution in [3.8, 4) is 5.75 Å². The van der Waals surface area contributed by atoms with Crippen LogP contribution >= 0.6 is 31.9 Å². The number of halogens is 2. The molecular weight excluding hydrogens is 570 g/mol. The molecule has 0 radical (unpaired) electrons. The zero-order valence-corrected chi connectivity index (χ0v) is 22.4. The van der Waals surface area contributed by atoms with Gasteiger partial charge in [0.25, 0.3) is 15.9 Å². The summed E-state index contributed by atoms with van der Waals surface area (Å²) in [6.07, 6.45) is 3.01. The molecule has 0 bridgehead atoms. The van der Waals surface area contributed by atoms with Crippen molar-refractivity contribution in [3.63, 3.8) is 0 Å². The standard InChI is InChI=1S/C25H25Br2NO4S/c1-3-4-5-19-8-11-21(12-9-19)28(33(30,31)22-13-6-18(2)7-14-22)25(29)17-32-24-15-10-20(26)16-23(24)27/h6-16H,3-5,17H2,1-2H3. The van der Waals surface area contributed by atoms with Gasteiger partial charge in [0.1, 0.15) is 5.75 Å². The molecule has 0 saturated heterocycles. The molecule has 0 saturated carbocycles. The van der Waals surface area contributed by atoms with E-state index in [2.05, 4.69) is 38.8 Å². The Morgan fingerprint density at radius 3 is 2.24 bits per heavy atom. The predicted molar refractivity (Wildman–Crippen MR) is 138 cm³/mol. The van der Waals surface area contributed by atoms with E-state index in [0.717, 1.165) is 39.2 Å². The van der Waals surface area contributed by atoms with Gasteiger partial charge in [-0.3, -0.25) is 4.79 Å². The number of anilines is 1. The predicted octanol–water partition coefficient (Wildman–Crippen LogP) is 6.66. The number of unbranched alkanes of at least 4 members (excludes halogenated alkanes) is 1. The van der Waals surface area contributed by atoms with Gasteiger partial charge >= 0.3 is 0 Å². The quantitative estimate of drug-likeness (QED) is 0.278. The van der Waals surface area contributed by atoms with E-state index in [4.69, 9.17) is 4.74 Å². The average molecular weight is 595 g/mol. The molecule has 0 aliphatic heterocycles. The first-order chi connectivity index (χ1) is 15.7. The maximum atomic E-state index is 13.5. The van der Waals surface area contributed by atoms with Crippen LogP contribution in [0.15, 0.2) is 80.6 Å². The van der Waals surface area contributed by atoms with Crippen LogP contribution in [0.25, 0.3) is 0 Å². The second kappa shape index (κ2) is 11.3. The largest absolute Gasteiger partial charge is 0.483 e. The molecule has 0 N–H and O–H groups in total. The van der Waals surface area contributed by atoms with E-state index >= 15 is 0 Å². The van der Waals surface area contributed by atoms with E-state index in [1.165, 1.54) is 12.1 Å². The molecule has 0 heterocycles. The van der Waals surface area contributed by atoms with Crippen LogP contribution in [0, 0.1) is 6.92 Å². The Kier molecular flexibility index (Phi) is 8.73. The van der Waals surface area contributed by atoms with Crippen LogP contribution < -0.4 is 9.04 Å². The van der Waals surface area contributed by atoms with Crippen LogP contribution in [-0.4, -0.2) is 20.9 Å². The molecule has 5 nitrogen and oxygen atoms in total. The highest BCUT2D eigenvalue weighted by Crippen LogP contribution is 2.29. The smallest absolute Gasteiger partial charge is 0.278 e. The van der Waals surface area contributed by atoms with Crippen molar-refractivity contribution in [2.24, 2.45) is 0 Å². The zero-order chi connectivity index (χ0) is 24.0. The first-order valence-corrected chi connectivity index (χ1v) is 13.6. The van der Waals surface area contributed by atoms with Crippen LogP contribution in [0.2, 0.25) is 0 Å². The Balaban J connectivity index is 1.93. The second-order valence-electron chi connectivity index (χ2n) is 7.61. The summed E-state index contributed by atoms with van der Waals surface area (Å²) in [5.41, 5.74) is 2.30. The Bertz CT molecular complexity index is 1210. The lowest BCUT2D eigenvalue weighted by atomic mass is 10.1. The summed E-state index contributed by atoms with van der Waals surface area (Å²) in [5.74, 6) is -0.249. The fourth-order valence-electron chi connectivity index (χ4n) is 3.20.